The lowest BCUT2D eigenvalue weighted by Gasteiger charge is -2.22. The molecular formula is C18H16Cl2F2N2O3. The summed E-state index contributed by atoms with van der Waals surface area (Å²) in [7, 11) is 0. The van der Waals surface area contributed by atoms with E-state index in [-0.39, 0.29) is 40.1 Å². The van der Waals surface area contributed by atoms with Crippen LogP contribution in [0.3, 0.4) is 0 Å². The molecule has 2 aromatic carbocycles. The third-order valence-corrected chi connectivity index (χ3v) is 4.19. The lowest BCUT2D eigenvalue weighted by molar-refractivity contribution is -0.116. The molecule has 0 bridgehead atoms. The molecule has 0 unspecified atom stereocenters. The third-order valence-electron chi connectivity index (χ3n) is 3.56. The molecule has 27 heavy (non-hydrogen) atoms. The van der Waals surface area contributed by atoms with Crippen molar-refractivity contribution in [2.24, 2.45) is 0 Å². The predicted octanol–water partition coefficient (Wildman–Crippen LogP) is 4.70. The third kappa shape index (κ3) is 5.55. The van der Waals surface area contributed by atoms with Crippen molar-refractivity contribution in [3.05, 3.63) is 58.1 Å². The molecule has 0 spiro atoms. The van der Waals surface area contributed by atoms with Crippen LogP contribution in [0.5, 0.6) is 5.75 Å². The number of carbonyl (C=O) groups is 2. The molecule has 9 heteroatoms. The number of hydrogen-bond donors (Lipinski definition) is 1. The Kier molecular flexibility index (Phi) is 7.38. The number of benzene rings is 2. The number of rotatable bonds is 7. The second kappa shape index (κ2) is 9.53. The summed E-state index contributed by atoms with van der Waals surface area (Å²) < 4.78 is 29.5. The Morgan fingerprint density at radius 1 is 1.11 bits per heavy atom. The molecular weight excluding hydrogens is 401 g/mol. The van der Waals surface area contributed by atoms with Crippen LogP contribution < -0.4 is 10.1 Å². The molecule has 0 heterocycles. The molecule has 0 aliphatic carbocycles. The van der Waals surface area contributed by atoms with Gasteiger partial charge < -0.3 is 15.0 Å². The van der Waals surface area contributed by atoms with Crippen LogP contribution in [0.4, 0.5) is 14.5 Å². The minimum Gasteiger partial charge on any atom is -0.434 e. The van der Waals surface area contributed by atoms with Crippen molar-refractivity contribution in [2.75, 3.05) is 18.4 Å². The monoisotopic (exact) mass is 416 g/mol. The molecule has 1 N–H and O–H groups in total. The van der Waals surface area contributed by atoms with E-state index in [1.54, 1.807) is 25.1 Å². The van der Waals surface area contributed by atoms with Crippen molar-refractivity contribution in [1.29, 1.82) is 0 Å². The summed E-state index contributed by atoms with van der Waals surface area (Å²) in [5.41, 5.74) is 0.166. The average Bonchev–Trinajstić information content (AvgIpc) is 2.62. The summed E-state index contributed by atoms with van der Waals surface area (Å²) in [6.45, 7) is -1.56. The first-order chi connectivity index (χ1) is 12.8. The van der Waals surface area contributed by atoms with Crippen LogP contribution in [0, 0.1) is 0 Å². The quantitative estimate of drug-likeness (QED) is 0.711. The molecule has 2 amide bonds. The van der Waals surface area contributed by atoms with Gasteiger partial charge >= 0.3 is 6.61 Å². The van der Waals surface area contributed by atoms with Gasteiger partial charge in [0, 0.05) is 6.54 Å². The van der Waals surface area contributed by atoms with Crippen molar-refractivity contribution < 1.29 is 23.1 Å². The average molecular weight is 417 g/mol. The largest absolute Gasteiger partial charge is 0.434 e. The number of amides is 2. The number of likely N-dealkylation sites (N-methyl/N-ethyl adjacent to an activating group) is 1. The van der Waals surface area contributed by atoms with Gasteiger partial charge in [0.15, 0.2) is 0 Å². The maximum Gasteiger partial charge on any atom is 0.387 e. The van der Waals surface area contributed by atoms with E-state index in [0.717, 1.165) is 0 Å². The highest BCUT2D eigenvalue weighted by atomic mass is 35.5. The van der Waals surface area contributed by atoms with Crippen molar-refractivity contribution in [2.45, 2.75) is 13.5 Å². The Hall–Kier alpha value is -2.38. The molecule has 2 aromatic rings. The number of para-hydroxylation sites is 2. The van der Waals surface area contributed by atoms with Gasteiger partial charge in [0.25, 0.3) is 5.91 Å². The normalized spacial score (nSPS) is 10.6. The first-order valence-electron chi connectivity index (χ1n) is 7.90. The summed E-state index contributed by atoms with van der Waals surface area (Å²) in [6.07, 6.45) is 0. The number of anilines is 1. The van der Waals surface area contributed by atoms with Crippen LogP contribution in [0.15, 0.2) is 42.5 Å². The van der Waals surface area contributed by atoms with Gasteiger partial charge in [0.05, 0.1) is 21.3 Å². The fraction of sp³-hybridized carbons (Fsp3) is 0.222. The zero-order valence-electron chi connectivity index (χ0n) is 14.2. The van der Waals surface area contributed by atoms with Gasteiger partial charge in [-0.3, -0.25) is 9.59 Å². The molecule has 0 aromatic heterocycles. The molecule has 5 nitrogen and oxygen atoms in total. The van der Waals surface area contributed by atoms with E-state index in [9.17, 15) is 18.4 Å². The number of halogens is 4. The molecule has 2 rings (SSSR count). The van der Waals surface area contributed by atoms with Crippen LogP contribution in [0.1, 0.15) is 17.3 Å². The zero-order chi connectivity index (χ0) is 20.0. The highest BCUT2D eigenvalue weighted by Gasteiger charge is 2.22. The van der Waals surface area contributed by atoms with Gasteiger partial charge in [0.2, 0.25) is 5.91 Å². The van der Waals surface area contributed by atoms with Gasteiger partial charge in [0.1, 0.15) is 12.3 Å². The molecule has 144 valence electrons. The maximum absolute atomic E-state index is 12.7. The Morgan fingerprint density at radius 3 is 2.33 bits per heavy atom. The summed E-state index contributed by atoms with van der Waals surface area (Å²) in [6, 6.07) is 10.3. The second-order valence-corrected chi connectivity index (χ2v) is 6.15. The smallest absolute Gasteiger partial charge is 0.387 e. The minimum absolute atomic E-state index is 0.0665. The standard InChI is InChI=1S/C18H16Cl2F2N2O3/c1-2-24(10-15(25)23-16-12(19)7-5-8-13(16)20)17(26)11-6-3-4-9-14(11)27-18(21)22/h3-9,18H,2,10H2,1H3,(H,23,25). The van der Waals surface area contributed by atoms with Crippen molar-refractivity contribution in [1.82, 2.24) is 4.90 Å². The van der Waals surface area contributed by atoms with Crippen LogP contribution in [-0.4, -0.2) is 36.4 Å². The summed E-state index contributed by atoms with van der Waals surface area (Å²) in [4.78, 5) is 26.2. The van der Waals surface area contributed by atoms with E-state index in [0.29, 0.717) is 0 Å². The van der Waals surface area contributed by atoms with Crippen LogP contribution >= 0.6 is 23.2 Å². The van der Waals surface area contributed by atoms with Gasteiger partial charge in [-0.25, -0.2) is 0 Å². The van der Waals surface area contributed by atoms with E-state index < -0.39 is 18.4 Å². The molecule has 0 aliphatic heterocycles. The summed E-state index contributed by atoms with van der Waals surface area (Å²) in [5, 5.41) is 3.05. The van der Waals surface area contributed by atoms with Gasteiger partial charge in [-0.2, -0.15) is 8.78 Å². The first kappa shape index (κ1) is 20.9. The van der Waals surface area contributed by atoms with E-state index in [4.69, 9.17) is 23.2 Å². The fourth-order valence-corrected chi connectivity index (χ4v) is 2.80. The Labute approximate surface area is 164 Å². The van der Waals surface area contributed by atoms with Crippen LogP contribution in [-0.2, 0) is 4.79 Å². The van der Waals surface area contributed by atoms with Gasteiger partial charge in [-0.15, -0.1) is 0 Å². The van der Waals surface area contributed by atoms with Crippen molar-refractivity contribution in [3.8, 4) is 5.75 Å². The van der Waals surface area contributed by atoms with Gasteiger partial charge in [-0.1, -0.05) is 41.4 Å². The second-order valence-electron chi connectivity index (χ2n) is 5.34. The molecule has 0 fully saturated rings. The van der Waals surface area contributed by atoms with Crippen LogP contribution in [0.2, 0.25) is 10.0 Å². The molecule has 0 saturated carbocycles. The van der Waals surface area contributed by atoms with E-state index in [2.05, 4.69) is 10.1 Å². The number of hydrogen-bond acceptors (Lipinski definition) is 3. The topological polar surface area (TPSA) is 58.6 Å². The number of nitrogens with one attached hydrogen (secondary N) is 1. The lowest BCUT2D eigenvalue weighted by atomic mass is 10.1. The zero-order valence-corrected chi connectivity index (χ0v) is 15.7. The van der Waals surface area contributed by atoms with E-state index in [1.165, 1.54) is 29.2 Å². The highest BCUT2D eigenvalue weighted by Crippen LogP contribution is 2.29. The van der Waals surface area contributed by atoms with Crippen LogP contribution in [0.25, 0.3) is 0 Å². The van der Waals surface area contributed by atoms with Crippen molar-refractivity contribution >= 4 is 40.7 Å². The fourth-order valence-electron chi connectivity index (χ4n) is 2.31. The number of ether oxygens (including phenoxy) is 1. The van der Waals surface area contributed by atoms with E-state index in [1.807, 2.05) is 0 Å². The minimum atomic E-state index is -3.07. The highest BCUT2D eigenvalue weighted by molar-refractivity contribution is 6.39. The molecule has 0 saturated heterocycles. The Balaban J connectivity index is 2.15. The number of alkyl halides is 2. The lowest BCUT2D eigenvalue weighted by Crippen LogP contribution is -2.38. The molecule has 0 aliphatic rings. The summed E-state index contributed by atoms with van der Waals surface area (Å²) in [5.74, 6) is -1.41. The maximum atomic E-state index is 12.7. The number of carbonyl (C=O) groups excluding carboxylic acids is 2. The predicted molar refractivity (Wildman–Crippen MR) is 99.7 cm³/mol. The van der Waals surface area contributed by atoms with Gasteiger partial charge in [-0.05, 0) is 31.2 Å². The first-order valence-corrected chi connectivity index (χ1v) is 8.66. The van der Waals surface area contributed by atoms with Crippen molar-refractivity contribution in [3.63, 3.8) is 0 Å². The van der Waals surface area contributed by atoms with E-state index >= 15 is 0 Å². The SMILES string of the molecule is CCN(CC(=O)Nc1c(Cl)cccc1Cl)C(=O)c1ccccc1OC(F)F. The Bertz CT molecular complexity index is 814. The Morgan fingerprint density at radius 2 is 1.74 bits per heavy atom. The molecule has 0 radical (unpaired) electrons. The summed E-state index contributed by atoms with van der Waals surface area (Å²) >= 11 is 12.0. The molecule has 0 atom stereocenters. The number of nitrogens with zero attached hydrogens (tertiary/aromatic N) is 1.